The van der Waals surface area contributed by atoms with Crippen LogP contribution in [0.15, 0.2) is 65.5 Å². The Morgan fingerprint density at radius 3 is 2.59 bits per heavy atom. The van der Waals surface area contributed by atoms with E-state index in [-0.39, 0.29) is 41.3 Å². The molecule has 0 aliphatic rings. The van der Waals surface area contributed by atoms with Gasteiger partial charge in [-0.05, 0) is 31.2 Å². The monoisotopic (exact) mass is 496 g/mol. The van der Waals surface area contributed by atoms with Gasteiger partial charge in [-0.3, -0.25) is 9.55 Å². The summed E-state index contributed by atoms with van der Waals surface area (Å²) in [6.07, 6.45) is 0. The average molecular weight is 497 g/mol. The number of hydrogen-bond donors (Lipinski definition) is 2. The fourth-order valence-electron chi connectivity index (χ4n) is 4.24. The van der Waals surface area contributed by atoms with Crippen molar-refractivity contribution in [2.75, 3.05) is 5.73 Å². The number of benzene rings is 2. The predicted octanol–water partition coefficient (Wildman–Crippen LogP) is 3.67. The number of nitrogens with zero attached hydrogens (tertiary/aromatic N) is 6. The molecule has 0 unspecified atom stereocenters. The molecule has 10 nitrogen and oxygen atoms in total. The largest absolute Gasteiger partial charge is 0.472 e. The quantitative estimate of drug-likeness (QED) is 0.373. The number of pyridine rings is 1. The Morgan fingerprint density at radius 1 is 1.05 bits per heavy atom. The number of aromatic amines is 1. The van der Waals surface area contributed by atoms with Crippen molar-refractivity contribution in [1.82, 2.24) is 34.3 Å². The van der Waals surface area contributed by atoms with E-state index in [2.05, 4.69) is 20.1 Å². The number of rotatable bonds is 5. The second-order valence-corrected chi connectivity index (χ2v) is 8.54. The Hall–Kier alpha value is -5.06. The zero-order valence-electron chi connectivity index (χ0n) is 19.9. The van der Waals surface area contributed by atoms with Crippen molar-refractivity contribution in [3.8, 4) is 23.0 Å². The molecule has 0 saturated carbocycles. The number of aryl methyl sites for hydroxylation is 2. The standard InChI is InChI=1S/C26H21FN8O2/c1-14-17-12-18(22-29-21(28)20-23(30-22)31-26(36)34(20)2)25(37-13-15-8-6-7-11-19(15)27)32-24(17)35(33-14)16-9-4-3-5-10-16/h3-12H,13H2,1-2H3,(H3,28,29,30,31,36). The minimum absolute atomic E-state index is 0.0729. The maximum atomic E-state index is 14.3. The van der Waals surface area contributed by atoms with E-state index in [1.165, 1.54) is 10.6 Å². The van der Waals surface area contributed by atoms with Gasteiger partial charge in [-0.1, -0.05) is 36.4 Å². The first-order valence-electron chi connectivity index (χ1n) is 11.5. The van der Waals surface area contributed by atoms with E-state index in [9.17, 15) is 9.18 Å². The topological polar surface area (TPSA) is 130 Å². The van der Waals surface area contributed by atoms with Crippen LogP contribution >= 0.6 is 0 Å². The van der Waals surface area contributed by atoms with Crippen LogP contribution in [0.25, 0.3) is 39.3 Å². The Morgan fingerprint density at radius 2 is 1.81 bits per heavy atom. The fraction of sp³-hybridized carbons (Fsp3) is 0.115. The summed E-state index contributed by atoms with van der Waals surface area (Å²) in [5.41, 5.74) is 9.43. The lowest BCUT2D eigenvalue weighted by molar-refractivity contribution is 0.290. The SMILES string of the molecule is Cc1nn(-c2ccccc2)c2nc(OCc3ccccc3F)c(-c3nc(N)c4c(n3)[nH]c(=O)n4C)cc12. The van der Waals surface area contributed by atoms with E-state index in [4.69, 9.17) is 15.5 Å². The fourth-order valence-corrected chi connectivity index (χ4v) is 4.24. The Bertz CT molecular complexity index is 1860. The first kappa shape index (κ1) is 22.4. The molecule has 0 saturated heterocycles. The first-order chi connectivity index (χ1) is 17.9. The van der Waals surface area contributed by atoms with Gasteiger partial charge in [0.2, 0.25) is 5.88 Å². The number of imidazole rings is 1. The van der Waals surface area contributed by atoms with E-state index < -0.39 is 0 Å². The van der Waals surface area contributed by atoms with E-state index in [0.29, 0.717) is 22.3 Å². The third-order valence-corrected chi connectivity index (χ3v) is 6.15. The van der Waals surface area contributed by atoms with Crippen molar-refractivity contribution in [2.24, 2.45) is 7.05 Å². The minimum atomic E-state index is -0.390. The molecule has 0 fully saturated rings. The smallest absolute Gasteiger partial charge is 0.327 e. The van der Waals surface area contributed by atoms with Crippen molar-refractivity contribution in [3.63, 3.8) is 0 Å². The highest BCUT2D eigenvalue weighted by atomic mass is 19.1. The van der Waals surface area contributed by atoms with Crippen LogP contribution in [0, 0.1) is 12.7 Å². The maximum Gasteiger partial charge on any atom is 0.327 e. The van der Waals surface area contributed by atoms with Crippen LogP contribution in [0.5, 0.6) is 5.88 Å². The third kappa shape index (κ3) is 3.77. The molecular formula is C26H21FN8O2. The number of nitrogens with two attached hydrogens (primary N) is 1. The highest BCUT2D eigenvalue weighted by Crippen LogP contribution is 2.34. The van der Waals surface area contributed by atoms with Crippen LogP contribution in [0.2, 0.25) is 0 Å². The van der Waals surface area contributed by atoms with Gasteiger partial charge in [-0.15, -0.1) is 0 Å². The Balaban J connectivity index is 1.56. The molecule has 3 N–H and O–H groups in total. The number of para-hydroxylation sites is 1. The van der Waals surface area contributed by atoms with E-state index in [1.807, 2.05) is 43.3 Å². The molecule has 4 heterocycles. The van der Waals surface area contributed by atoms with Crippen LogP contribution in [-0.2, 0) is 13.7 Å². The van der Waals surface area contributed by atoms with Crippen LogP contribution in [0.3, 0.4) is 0 Å². The lowest BCUT2D eigenvalue weighted by atomic mass is 10.1. The molecule has 37 heavy (non-hydrogen) atoms. The lowest BCUT2D eigenvalue weighted by Crippen LogP contribution is -2.12. The first-order valence-corrected chi connectivity index (χ1v) is 11.5. The molecule has 0 aliphatic heterocycles. The van der Waals surface area contributed by atoms with E-state index in [1.54, 1.807) is 29.9 Å². The zero-order chi connectivity index (χ0) is 25.7. The molecule has 6 rings (SSSR count). The zero-order valence-corrected chi connectivity index (χ0v) is 19.9. The molecule has 0 aliphatic carbocycles. The minimum Gasteiger partial charge on any atom is -0.472 e. The number of nitrogen functional groups attached to an aromatic ring is 1. The van der Waals surface area contributed by atoms with Gasteiger partial charge in [0.1, 0.15) is 17.9 Å². The number of fused-ring (bicyclic) bond motifs is 2. The predicted molar refractivity (Wildman–Crippen MR) is 137 cm³/mol. The number of nitrogens with one attached hydrogen (secondary N) is 1. The van der Waals surface area contributed by atoms with Crippen LogP contribution in [0.1, 0.15) is 11.3 Å². The van der Waals surface area contributed by atoms with Crippen LogP contribution < -0.4 is 16.2 Å². The molecule has 0 spiro atoms. The van der Waals surface area contributed by atoms with Crippen LogP contribution in [0.4, 0.5) is 10.2 Å². The average Bonchev–Trinajstić information content (AvgIpc) is 3.38. The molecule has 0 radical (unpaired) electrons. The summed E-state index contributed by atoms with van der Waals surface area (Å²) in [6, 6.07) is 17.8. The summed E-state index contributed by atoms with van der Waals surface area (Å²) in [6.45, 7) is 1.80. The molecule has 4 aromatic heterocycles. The van der Waals surface area contributed by atoms with Crippen LogP contribution in [-0.4, -0.2) is 34.3 Å². The van der Waals surface area contributed by atoms with Gasteiger partial charge in [0.15, 0.2) is 22.9 Å². The van der Waals surface area contributed by atoms with E-state index in [0.717, 1.165) is 16.8 Å². The van der Waals surface area contributed by atoms with Crippen molar-refractivity contribution < 1.29 is 9.13 Å². The summed E-state index contributed by atoms with van der Waals surface area (Å²) in [7, 11) is 1.58. The van der Waals surface area contributed by atoms with Gasteiger partial charge in [0, 0.05) is 18.0 Å². The number of H-pyrrole nitrogens is 1. The maximum absolute atomic E-state index is 14.3. The molecule has 0 bridgehead atoms. The van der Waals surface area contributed by atoms with Gasteiger partial charge < -0.3 is 10.5 Å². The van der Waals surface area contributed by atoms with Crippen molar-refractivity contribution in [1.29, 1.82) is 0 Å². The normalized spacial score (nSPS) is 11.4. The Labute approximate surface area is 209 Å². The van der Waals surface area contributed by atoms with Crippen molar-refractivity contribution in [3.05, 3.63) is 88.2 Å². The molecule has 2 aromatic carbocycles. The Kier molecular flexibility index (Phi) is 5.18. The summed E-state index contributed by atoms with van der Waals surface area (Å²) >= 11 is 0. The van der Waals surface area contributed by atoms with Gasteiger partial charge in [-0.2, -0.15) is 10.1 Å². The lowest BCUT2D eigenvalue weighted by Gasteiger charge is -2.12. The number of anilines is 1. The second kappa shape index (κ2) is 8.55. The number of halogens is 1. The summed E-state index contributed by atoms with van der Waals surface area (Å²) < 4.78 is 23.5. The molecular weight excluding hydrogens is 475 g/mol. The molecule has 0 atom stereocenters. The van der Waals surface area contributed by atoms with Gasteiger partial charge in [0.25, 0.3) is 0 Å². The highest BCUT2D eigenvalue weighted by Gasteiger charge is 2.21. The number of hydrogen-bond acceptors (Lipinski definition) is 7. The summed E-state index contributed by atoms with van der Waals surface area (Å²) in [4.78, 5) is 28.6. The highest BCUT2D eigenvalue weighted by molar-refractivity contribution is 5.88. The molecule has 184 valence electrons. The summed E-state index contributed by atoms with van der Waals surface area (Å²) in [5.74, 6) is 0.110. The molecule has 11 heteroatoms. The third-order valence-electron chi connectivity index (χ3n) is 6.15. The van der Waals surface area contributed by atoms with Gasteiger partial charge >= 0.3 is 5.69 Å². The number of aromatic nitrogens is 7. The van der Waals surface area contributed by atoms with Gasteiger partial charge in [0.05, 0.1) is 16.9 Å². The molecule has 0 amide bonds. The second-order valence-electron chi connectivity index (χ2n) is 8.54. The van der Waals surface area contributed by atoms with Gasteiger partial charge in [-0.25, -0.2) is 23.8 Å². The number of ether oxygens (including phenoxy) is 1. The van der Waals surface area contributed by atoms with Crippen molar-refractivity contribution >= 4 is 28.0 Å². The van der Waals surface area contributed by atoms with Crippen molar-refractivity contribution in [2.45, 2.75) is 13.5 Å². The van der Waals surface area contributed by atoms with E-state index >= 15 is 0 Å². The summed E-state index contributed by atoms with van der Waals surface area (Å²) in [5, 5.41) is 5.42. The molecule has 6 aromatic rings.